The molecular weight excluding hydrogens is 455 g/mol. The Morgan fingerprint density at radius 1 is 0.972 bits per heavy atom. The fourth-order valence-electron chi connectivity index (χ4n) is 4.21. The molecule has 0 saturated carbocycles. The minimum atomic E-state index is -0.375. The summed E-state index contributed by atoms with van der Waals surface area (Å²) in [5, 5.41) is 2.87. The van der Waals surface area contributed by atoms with E-state index < -0.39 is 0 Å². The zero-order valence-corrected chi connectivity index (χ0v) is 20.7. The standard InChI is InChI=1S/C29H31FN4O2/c1-21(2)33(19-22-9-4-3-5-10-22)28(35)20-34-26-12-7-6-11-25(26)32-27(34)13-8-18-31-29(36)23-14-16-24(30)17-15-23/h3-7,9-12,14-17,21H,8,13,18-20H2,1-2H3,(H,31,36). The molecule has 1 N–H and O–H groups in total. The molecule has 0 aliphatic carbocycles. The van der Waals surface area contributed by atoms with E-state index in [2.05, 4.69) is 5.32 Å². The van der Waals surface area contributed by atoms with Gasteiger partial charge in [-0.1, -0.05) is 42.5 Å². The fraction of sp³-hybridized carbons (Fsp3) is 0.276. The first-order valence-electron chi connectivity index (χ1n) is 12.2. The van der Waals surface area contributed by atoms with Crippen LogP contribution in [-0.2, 0) is 24.3 Å². The average Bonchev–Trinajstić information content (AvgIpc) is 3.23. The Kier molecular flexibility index (Phi) is 8.10. The van der Waals surface area contributed by atoms with E-state index in [9.17, 15) is 14.0 Å². The van der Waals surface area contributed by atoms with Gasteiger partial charge in [0.05, 0.1) is 11.0 Å². The van der Waals surface area contributed by atoms with Gasteiger partial charge in [0, 0.05) is 31.1 Å². The summed E-state index contributed by atoms with van der Waals surface area (Å²) in [4.78, 5) is 32.4. The minimum absolute atomic E-state index is 0.0304. The Bertz CT molecular complexity index is 1320. The first-order valence-corrected chi connectivity index (χ1v) is 12.2. The molecule has 6 nitrogen and oxygen atoms in total. The molecule has 0 fully saturated rings. The smallest absolute Gasteiger partial charge is 0.251 e. The number of amides is 2. The molecule has 4 aromatic rings. The van der Waals surface area contributed by atoms with Crippen LogP contribution in [0.4, 0.5) is 4.39 Å². The van der Waals surface area contributed by atoms with Crippen molar-refractivity contribution in [3.05, 3.63) is 102 Å². The molecule has 0 spiro atoms. The van der Waals surface area contributed by atoms with Crippen LogP contribution < -0.4 is 5.32 Å². The summed E-state index contributed by atoms with van der Waals surface area (Å²) < 4.78 is 15.1. The summed E-state index contributed by atoms with van der Waals surface area (Å²) in [5.74, 6) is 0.221. The maximum absolute atomic E-state index is 13.4. The molecule has 36 heavy (non-hydrogen) atoms. The van der Waals surface area contributed by atoms with Crippen LogP contribution in [0.15, 0.2) is 78.9 Å². The maximum Gasteiger partial charge on any atom is 0.251 e. The van der Waals surface area contributed by atoms with Gasteiger partial charge >= 0.3 is 0 Å². The summed E-state index contributed by atoms with van der Waals surface area (Å²) in [6.45, 7) is 5.24. The molecule has 2 amide bonds. The number of imidazole rings is 1. The number of nitrogens with one attached hydrogen (secondary N) is 1. The van der Waals surface area contributed by atoms with Crippen LogP contribution in [0.5, 0.6) is 0 Å². The highest BCUT2D eigenvalue weighted by Gasteiger charge is 2.21. The molecule has 0 aliphatic heterocycles. The van der Waals surface area contributed by atoms with Crippen LogP contribution >= 0.6 is 0 Å². The average molecular weight is 487 g/mol. The summed E-state index contributed by atoms with van der Waals surface area (Å²) in [6.07, 6.45) is 1.26. The lowest BCUT2D eigenvalue weighted by Gasteiger charge is -2.27. The third-order valence-corrected chi connectivity index (χ3v) is 6.14. The number of aromatic nitrogens is 2. The zero-order valence-electron chi connectivity index (χ0n) is 20.7. The Morgan fingerprint density at radius 2 is 1.67 bits per heavy atom. The van der Waals surface area contributed by atoms with Crippen LogP contribution in [0.2, 0.25) is 0 Å². The van der Waals surface area contributed by atoms with Crippen molar-refractivity contribution in [2.24, 2.45) is 0 Å². The van der Waals surface area contributed by atoms with Gasteiger partial charge in [-0.05, 0) is 62.2 Å². The number of benzene rings is 3. The first kappa shape index (κ1) is 25.1. The number of hydrogen-bond donors (Lipinski definition) is 1. The number of carbonyl (C=O) groups excluding carboxylic acids is 2. The summed E-state index contributed by atoms with van der Waals surface area (Å²) in [6, 6.07) is 23.3. The molecule has 0 unspecified atom stereocenters. The molecule has 1 heterocycles. The van der Waals surface area contributed by atoms with Gasteiger partial charge in [0.1, 0.15) is 18.2 Å². The van der Waals surface area contributed by atoms with Crippen molar-refractivity contribution in [3.63, 3.8) is 0 Å². The normalized spacial score (nSPS) is 11.1. The van der Waals surface area contributed by atoms with Crippen molar-refractivity contribution < 1.29 is 14.0 Å². The molecule has 0 atom stereocenters. The highest BCUT2D eigenvalue weighted by atomic mass is 19.1. The van der Waals surface area contributed by atoms with Gasteiger partial charge < -0.3 is 14.8 Å². The van der Waals surface area contributed by atoms with Crippen molar-refractivity contribution in [2.45, 2.75) is 45.8 Å². The first-order chi connectivity index (χ1) is 17.4. The van der Waals surface area contributed by atoms with Crippen LogP contribution in [0, 0.1) is 5.82 Å². The molecule has 186 valence electrons. The van der Waals surface area contributed by atoms with E-state index in [1.807, 2.05) is 77.9 Å². The lowest BCUT2D eigenvalue weighted by atomic mass is 10.2. The number of halogens is 1. The monoisotopic (exact) mass is 486 g/mol. The molecule has 1 aromatic heterocycles. The van der Waals surface area contributed by atoms with E-state index in [0.717, 1.165) is 22.4 Å². The van der Waals surface area contributed by atoms with Crippen molar-refractivity contribution in [2.75, 3.05) is 6.54 Å². The largest absolute Gasteiger partial charge is 0.352 e. The zero-order chi connectivity index (χ0) is 25.5. The number of rotatable bonds is 10. The number of fused-ring (bicyclic) bond motifs is 1. The minimum Gasteiger partial charge on any atom is -0.352 e. The summed E-state index contributed by atoms with van der Waals surface area (Å²) in [5.41, 5.74) is 3.27. The molecule has 4 rings (SSSR count). The maximum atomic E-state index is 13.4. The Morgan fingerprint density at radius 3 is 2.39 bits per heavy atom. The van der Waals surface area contributed by atoms with Crippen LogP contribution in [-0.4, -0.2) is 38.9 Å². The Labute approximate surface area is 210 Å². The quantitative estimate of drug-likeness (QED) is 0.322. The molecule has 3 aromatic carbocycles. The van der Waals surface area contributed by atoms with Gasteiger partial charge in [0.15, 0.2) is 0 Å². The number of para-hydroxylation sites is 2. The van der Waals surface area contributed by atoms with Crippen molar-refractivity contribution in [1.82, 2.24) is 19.8 Å². The molecule has 0 aliphatic rings. The summed E-state index contributed by atoms with van der Waals surface area (Å²) >= 11 is 0. The van der Waals surface area contributed by atoms with Gasteiger partial charge in [-0.2, -0.15) is 0 Å². The second kappa shape index (κ2) is 11.6. The highest BCUT2D eigenvalue weighted by Crippen LogP contribution is 2.19. The molecular formula is C29H31FN4O2. The Hall–Kier alpha value is -4.00. The van der Waals surface area contributed by atoms with Crippen LogP contribution in [0.1, 0.15) is 42.0 Å². The van der Waals surface area contributed by atoms with Crippen LogP contribution in [0.3, 0.4) is 0 Å². The number of carbonyl (C=O) groups is 2. The van der Waals surface area contributed by atoms with Gasteiger partial charge in [-0.3, -0.25) is 9.59 Å². The Balaban J connectivity index is 1.44. The van der Waals surface area contributed by atoms with Gasteiger partial charge in [0.25, 0.3) is 5.91 Å². The predicted molar refractivity (Wildman–Crippen MR) is 139 cm³/mol. The lowest BCUT2D eigenvalue weighted by molar-refractivity contribution is -0.134. The number of aryl methyl sites for hydroxylation is 1. The van der Waals surface area contributed by atoms with E-state index in [1.54, 1.807) is 0 Å². The number of hydrogen-bond acceptors (Lipinski definition) is 3. The van der Waals surface area contributed by atoms with E-state index in [1.165, 1.54) is 24.3 Å². The summed E-state index contributed by atoms with van der Waals surface area (Å²) in [7, 11) is 0. The highest BCUT2D eigenvalue weighted by molar-refractivity contribution is 5.94. The lowest BCUT2D eigenvalue weighted by Crippen LogP contribution is -2.38. The van der Waals surface area contributed by atoms with Gasteiger partial charge in [-0.25, -0.2) is 9.37 Å². The van der Waals surface area contributed by atoms with Crippen molar-refractivity contribution in [3.8, 4) is 0 Å². The molecule has 0 radical (unpaired) electrons. The molecule has 7 heteroatoms. The van der Waals surface area contributed by atoms with E-state index >= 15 is 0 Å². The second-order valence-corrected chi connectivity index (χ2v) is 9.07. The second-order valence-electron chi connectivity index (χ2n) is 9.07. The van der Waals surface area contributed by atoms with Crippen molar-refractivity contribution >= 4 is 22.8 Å². The van der Waals surface area contributed by atoms with E-state index in [0.29, 0.717) is 31.5 Å². The van der Waals surface area contributed by atoms with Crippen molar-refractivity contribution in [1.29, 1.82) is 0 Å². The predicted octanol–water partition coefficient (Wildman–Crippen LogP) is 4.98. The number of nitrogens with zero attached hydrogens (tertiary/aromatic N) is 3. The topological polar surface area (TPSA) is 67.2 Å². The molecule has 0 bridgehead atoms. The van der Waals surface area contributed by atoms with Gasteiger partial charge in [0.2, 0.25) is 5.91 Å². The third kappa shape index (κ3) is 6.16. The molecule has 0 saturated heterocycles. The van der Waals surface area contributed by atoms with Crippen LogP contribution in [0.25, 0.3) is 11.0 Å². The van der Waals surface area contributed by atoms with Gasteiger partial charge in [-0.15, -0.1) is 0 Å². The SMILES string of the molecule is CC(C)N(Cc1ccccc1)C(=O)Cn1c(CCCNC(=O)c2ccc(F)cc2)nc2ccccc21. The fourth-order valence-corrected chi connectivity index (χ4v) is 4.21. The third-order valence-electron chi connectivity index (χ3n) is 6.14. The van der Waals surface area contributed by atoms with E-state index in [-0.39, 0.29) is 30.2 Å². The van der Waals surface area contributed by atoms with E-state index in [4.69, 9.17) is 4.98 Å².